The van der Waals surface area contributed by atoms with E-state index in [1.54, 1.807) is 22.7 Å². The van der Waals surface area contributed by atoms with Gasteiger partial charge in [0, 0.05) is 0 Å². The van der Waals surface area contributed by atoms with Gasteiger partial charge in [-0.2, -0.15) is 0 Å². The molecule has 2 heteroatoms. The molecule has 9 heavy (non-hydrogen) atoms. The molecule has 2 heterocycles. The number of hydrogen-bond donors (Lipinski definition) is 0. The van der Waals surface area contributed by atoms with E-state index in [1.807, 2.05) is 0 Å². The van der Waals surface area contributed by atoms with E-state index in [0.29, 0.717) is 0 Å². The van der Waals surface area contributed by atoms with E-state index in [-0.39, 0.29) is 0 Å². The number of rotatable bonds is 0. The number of thiophene rings is 1. The maximum absolute atomic E-state index is 2.15. The highest BCUT2D eigenvalue weighted by atomic mass is 32.2. The highest BCUT2D eigenvalue weighted by molar-refractivity contribution is 7.36. The summed E-state index contributed by atoms with van der Waals surface area (Å²) in [6.07, 6.45) is 0. The molecule has 2 aromatic heterocycles. The summed E-state index contributed by atoms with van der Waals surface area (Å²) in [6, 6.07) is 6.37. The summed E-state index contributed by atoms with van der Waals surface area (Å²) >= 11 is 3.61. The van der Waals surface area contributed by atoms with Crippen molar-refractivity contribution < 1.29 is 0 Å². The van der Waals surface area contributed by atoms with Crippen LogP contribution in [0.4, 0.5) is 0 Å². The standard InChI is InChI=1S/C7H5S2/c1-2-6-3-5-9-7(6)8-4-1/h1-5H/q+1. The molecule has 0 saturated carbocycles. The molecule has 0 bridgehead atoms. The molecule has 0 radical (unpaired) electrons. The van der Waals surface area contributed by atoms with Crippen LogP contribution in [0, 0.1) is 0 Å². The average Bonchev–Trinajstić information content (AvgIpc) is 2.33. The Hall–Kier alpha value is -0.470. The molecule has 0 aliphatic rings. The molecule has 0 amide bonds. The van der Waals surface area contributed by atoms with Crippen LogP contribution in [0.1, 0.15) is 0 Å². The van der Waals surface area contributed by atoms with Gasteiger partial charge in [0.1, 0.15) is 0 Å². The van der Waals surface area contributed by atoms with Gasteiger partial charge in [-0.05, 0) is 18.2 Å². The van der Waals surface area contributed by atoms with Gasteiger partial charge in [0.05, 0.1) is 38.8 Å². The zero-order valence-electron chi connectivity index (χ0n) is 4.70. The monoisotopic (exact) mass is 153 g/mol. The summed E-state index contributed by atoms with van der Waals surface area (Å²) in [7, 11) is 0. The molecule has 0 spiro atoms. The molecule has 0 saturated heterocycles. The minimum atomic E-state index is 1.37. The Labute approximate surface area is 61.4 Å². The lowest BCUT2D eigenvalue weighted by atomic mass is 10.4. The fourth-order valence-electron chi connectivity index (χ4n) is 0.769. The first-order valence-corrected chi connectivity index (χ1v) is 4.47. The van der Waals surface area contributed by atoms with Crippen LogP contribution in [0.3, 0.4) is 0 Å². The van der Waals surface area contributed by atoms with Gasteiger partial charge in [0.25, 0.3) is 4.01 Å². The molecule has 0 atom stereocenters. The van der Waals surface area contributed by atoms with Crippen molar-refractivity contribution in [2.45, 2.75) is 0 Å². The van der Waals surface area contributed by atoms with Crippen LogP contribution in [-0.2, 0) is 0 Å². The maximum atomic E-state index is 2.15. The normalized spacial score (nSPS) is 10.2. The molecule has 2 rings (SSSR count). The first-order valence-electron chi connectivity index (χ1n) is 2.71. The maximum Gasteiger partial charge on any atom is 0.284 e. The molecule has 0 nitrogen and oxygen atoms in total. The van der Waals surface area contributed by atoms with Crippen LogP contribution in [0.25, 0.3) is 9.40 Å². The Balaban J connectivity index is 2.95. The fourth-order valence-corrected chi connectivity index (χ4v) is 2.49. The highest BCUT2D eigenvalue weighted by Gasteiger charge is 2.00. The van der Waals surface area contributed by atoms with Gasteiger partial charge in [0.15, 0.2) is 0 Å². The zero-order chi connectivity index (χ0) is 6.10. The van der Waals surface area contributed by atoms with Crippen LogP contribution in [0.5, 0.6) is 0 Å². The average molecular weight is 153 g/mol. The summed E-state index contributed by atoms with van der Waals surface area (Å²) < 4.78 is 1.41. The fraction of sp³-hybridized carbons (Fsp3) is 0. The van der Waals surface area contributed by atoms with Gasteiger partial charge in [-0.25, -0.2) is 0 Å². The molecule has 44 valence electrons. The lowest BCUT2D eigenvalue weighted by molar-refractivity contribution is 1.98. The number of hydrogen-bond acceptors (Lipinski definition) is 1. The Morgan fingerprint density at radius 2 is 2.33 bits per heavy atom. The van der Waals surface area contributed by atoms with Gasteiger partial charge in [-0.3, -0.25) is 0 Å². The topological polar surface area (TPSA) is 0 Å². The molecule has 0 aromatic carbocycles. The summed E-state index contributed by atoms with van der Waals surface area (Å²) in [5.41, 5.74) is 0. The largest absolute Gasteiger partial charge is 0.284 e. The third-order valence-electron chi connectivity index (χ3n) is 1.19. The van der Waals surface area contributed by atoms with Crippen LogP contribution in [0.2, 0.25) is 0 Å². The molecule has 0 aliphatic carbocycles. The zero-order valence-corrected chi connectivity index (χ0v) is 6.34. The van der Waals surface area contributed by atoms with Crippen molar-refractivity contribution in [3.8, 4) is 0 Å². The first-order chi connectivity index (χ1) is 4.47. The number of fused-ring (bicyclic) bond motifs is 1. The van der Waals surface area contributed by atoms with E-state index in [2.05, 4.69) is 29.0 Å². The smallest absolute Gasteiger partial charge is 0.0458 e. The third kappa shape index (κ3) is 0.843. The molecular weight excluding hydrogens is 148 g/mol. The minimum absolute atomic E-state index is 1.37. The van der Waals surface area contributed by atoms with Crippen molar-refractivity contribution in [3.63, 3.8) is 0 Å². The Morgan fingerprint density at radius 1 is 1.33 bits per heavy atom. The summed E-state index contributed by atoms with van der Waals surface area (Å²) in [4.78, 5) is 0. The van der Waals surface area contributed by atoms with E-state index in [9.17, 15) is 0 Å². The van der Waals surface area contributed by atoms with Gasteiger partial charge in [-0.15, -0.1) is 0 Å². The van der Waals surface area contributed by atoms with Crippen LogP contribution in [0.15, 0.2) is 29.0 Å². The van der Waals surface area contributed by atoms with Gasteiger partial charge < -0.3 is 0 Å². The molecule has 0 fully saturated rings. The van der Waals surface area contributed by atoms with Gasteiger partial charge >= 0.3 is 0 Å². The van der Waals surface area contributed by atoms with Crippen molar-refractivity contribution in [1.82, 2.24) is 0 Å². The molecule has 0 unspecified atom stereocenters. The van der Waals surface area contributed by atoms with E-state index in [1.165, 1.54) is 9.40 Å². The van der Waals surface area contributed by atoms with Crippen LogP contribution < -0.4 is 0 Å². The van der Waals surface area contributed by atoms with Crippen molar-refractivity contribution in [3.05, 3.63) is 29.0 Å². The molecular formula is C7H5S2+. The predicted octanol–water partition coefficient (Wildman–Crippen LogP) is 3.24. The molecule has 2 aromatic rings. The van der Waals surface area contributed by atoms with E-state index >= 15 is 0 Å². The van der Waals surface area contributed by atoms with Crippen molar-refractivity contribution in [1.29, 1.82) is 0 Å². The lowest BCUT2D eigenvalue weighted by Gasteiger charge is -1.71. The van der Waals surface area contributed by atoms with E-state index < -0.39 is 0 Å². The summed E-state index contributed by atoms with van der Waals surface area (Å²) in [5, 5.41) is 5.60. The Morgan fingerprint density at radius 3 is 3.22 bits per heavy atom. The van der Waals surface area contributed by atoms with Gasteiger partial charge in [-0.1, -0.05) is 0 Å². The summed E-state index contributed by atoms with van der Waals surface area (Å²) in [6.45, 7) is 0. The van der Waals surface area contributed by atoms with Crippen molar-refractivity contribution in [2.75, 3.05) is 0 Å². The Kier molecular flexibility index (Phi) is 1.21. The summed E-state index contributed by atoms with van der Waals surface area (Å²) in [5.74, 6) is 0. The SMILES string of the molecule is c1c[s+]c2sccc2c1. The lowest BCUT2D eigenvalue weighted by Crippen LogP contribution is -1.51. The third-order valence-corrected chi connectivity index (χ3v) is 3.23. The molecule has 0 aliphatic heterocycles. The van der Waals surface area contributed by atoms with E-state index in [0.717, 1.165) is 0 Å². The van der Waals surface area contributed by atoms with Crippen molar-refractivity contribution >= 4 is 32.1 Å². The second-order valence-corrected chi connectivity index (χ2v) is 3.87. The van der Waals surface area contributed by atoms with Gasteiger partial charge in [0.2, 0.25) is 0 Å². The van der Waals surface area contributed by atoms with E-state index in [4.69, 9.17) is 0 Å². The predicted molar refractivity (Wildman–Crippen MR) is 44.1 cm³/mol. The van der Waals surface area contributed by atoms with Crippen LogP contribution in [-0.4, -0.2) is 0 Å². The van der Waals surface area contributed by atoms with Crippen LogP contribution >= 0.6 is 22.7 Å². The molecule has 0 N–H and O–H groups in total. The quantitative estimate of drug-likeness (QED) is 0.510. The highest BCUT2D eigenvalue weighted by Crippen LogP contribution is 2.23. The van der Waals surface area contributed by atoms with Crippen molar-refractivity contribution in [2.24, 2.45) is 0 Å². The first kappa shape index (κ1) is 5.33. The minimum Gasteiger partial charge on any atom is -0.0458 e. The Bertz CT molecular complexity index is 281. The second kappa shape index (κ2) is 2.05. The second-order valence-electron chi connectivity index (χ2n) is 1.78.